The molecule has 2 aromatic rings. The molecule has 0 spiro atoms. The molecule has 0 atom stereocenters. The maximum absolute atomic E-state index is 13.6. The zero-order valence-electron chi connectivity index (χ0n) is 13.7. The predicted octanol–water partition coefficient (Wildman–Crippen LogP) is 3.22. The molecule has 0 radical (unpaired) electrons. The standard InChI is InChI=1S/C18H20F2N4.HI/c19-15-5-7-16(8-6-15)23-9-11-24(12-10-23)18(21)22-13-14-3-1-2-4-17(14)20;/h1-8H,9-13H2,(H2,21,22);1H. The third-order valence-electron chi connectivity index (χ3n) is 4.16. The summed E-state index contributed by atoms with van der Waals surface area (Å²) in [4.78, 5) is 8.47. The number of halogens is 3. The summed E-state index contributed by atoms with van der Waals surface area (Å²) in [6.07, 6.45) is 0. The van der Waals surface area contributed by atoms with E-state index in [9.17, 15) is 8.78 Å². The number of nitrogens with two attached hydrogens (primary N) is 1. The highest BCUT2D eigenvalue weighted by molar-refractivity contribution is 14.0. The Morgan fingerprint density at radius 3 is 2.24 bits per heavy atom. The highest BCUT2D eigenvalue weighted by atomic mass is 127. The average Bonchev–Trinajstić information content (AvgIpc) is 2.62. The number of aliphatic imine (C=N–C) groups is 1. The summed E-state index contributed by atoms with van der Waals surface area (Å²) in [6, 6.07) is 13.0. The number of anilines is 1. The highest BCUT2D eigenvalue weighted by Crippen LogP contribution is 2.17. The van der Waals surface area contributed by atoms with Gasteiger partial charge < -0.3 is 15.5 Å². The molecule has 25 heavy (non-hydrogen) atoms. The second-order valence-electron chi connectivity index (χ2n) is 5.72. The number of hydrogen-bond donors (Lipinski definition) is 1. The van der Waals surface area contributed by atoms with Gasteiger partial charge in [-0.1, -0.05) is 18.2 Å². The average molecular weight is 458 g/mol. The Morgan fingerprint density at radius 2 is 1.60 bits per heavy atom. The minimum atomic E-state index is -0.268. The maximum atomic E-state index is 13.6. The van der Waals surface area contributed by atoms with Crippen molar-refractivity contribution in [3.8, 4) is 0 Å². The van der Waals surface area contributed by atoms with Crippen LogP contribution in [0.5, 0.6) is 0 Å². The van der Waals surface area contributed by atoms with Gasteiger partial charge in [0.05, 0.1) is 6.54 Å². The minimum absolute atomic E-state index is 0. The van der Waals surface area contributed by atoms with Crippen molar-refractivity contribution >= 4 is 35.6 Å². The molecule has 1 saturated heterocycles. The Balaban J connectivity index is 0.00000225. The van der Waals surface area contributed by atoms with Crippen LogP contribution in [-0.2, 0) is 6.54 Å². The van der Waals surface area contributed by atoms with E-state index in [2.05, 4.69) is 9.89 Å². The van der Waals surface area contributed by atoms with Gasteiger partial charge in [-0.25, -0.2) is 13.8 Å². The van der Waals surface area contributed by atoms with Crippen molar-refractivity contribution in [1.82, 2.24) is 4.90 Å². The first-order valence-electron chi connectivity index (χ1n) is 7.92. The third kappa shape index (κ3) is 5.04. The molecule has 0 bridgehead atoms. The third-order valence-corrected chi connectivity index (χ3v) is 4.16. The van der Waals surface area contributed by atoms with Crippen LogP contribution >= 0.6 is 24.0 Å². The van der Waals surface area contributed by atoms with Crippen LogP contribution in [-0.4, -0.2) is 37.0 Å². The first-order chi connectivity index (χ1) is 11.6. The summed E-state index contributed by atoms with van der Waals surface area (Å²) in [6.45, 7) is 3.24. The van der Waals surface area contributed by atoms with Crippen molar-refractivity contribution < 1.29 is 8.78 Å². The summed E-state index contributed by atoms with van der Waals surface area (Å²) < 4.78 is 26.6. The van der Waals surface area contributed by atoms with Crippen molar-refractivity contribution in [2.24, 2.45) is 10.7 Å². The van der Waals surface area contributed by atoms with Gasteiger partial charge in [-0.05, 0) is 30.3 Å². The zero-order chi connectivity index (χ0) is 16.9. The summed E-state index contributed by atoms with van der Waals surface area (Å²) in [7, 11) is 0. The van der Waals surface area contributed by atoms with Gasteiger partial charge in [0.1, 0.15) is 11.6 Å². The quantitative estimate of drug-likeness (QED) is 0.437. The Hall–Kier alpha value is -1.90. The Labute approximate surface area is 163 Å². The maximum Gasteiger partial charge on any atom is 0.191 e. The van der Waals surface area contributed by atoms with E-state index >= 15 is 0 Å². The minimum Gasteiger partial charge on any atom is -0.370 e. The van der Waals surface area contributed by atoms with Crippen molar-refractivity contribution in [1.29, 1.82) is 0 Å². The van der Waals surface area contributed by atoms with E-state index in [-0.39, 0.29) is 42.2 Å². The number of benzene rings is 2. The molecule has 1 aliphatic rings. The largest absolute Gasteiger partial charge is 0.370 e. The molecular formula is C18H21F2IN4. The van der Waals surface area contributed by atoms with Crippen LogP contribution in [0, 0.1) is 11.6 Å². The van der Waals surface area contributed by atoms with Crippen molar-refractivity contribution in [2.45, 2.75) is 6.54 Å². The van der Waals surface area contributed by atoms with Gasteiger partial charge in [0, 0.05) is 37.4 Å². The van der Waals surface area contributed by atoms with Crippen LogP contribution in [0.3, 0.4) is 0 Å². The molecule has 0 amide bonds. The fourth-order valence-corrected chi connectivity index (χ4v) is 2.74. The molecule has 0 unspecified atom stereocenters. The second-order valence-corrected chi connectivity index (χ2v) is 5.72. The molecule has 0 aromatic heterocycles. The number of piperazine rings is 1. The van der Waals surface area contributed by atoms with E-state index in [4.69, 9.17) is 5.73 Å². The van der Waals surface area contributed by atoms with E-state index < -0.39 is 0 Å². The summed E-state index contributed by atoms with van der Waals surface area (Å²) in [5.74, 6) is -0.0749. The molecule has 1 aliphatic heterocycles. The van der Waals surface area contributed by atoms with Gasteiger partial charge in [-0.2, -0.15) is 0 Å². The number of rotatable bonds is 3. The first-order valence-corrected chi connectivity index (χ1v) is 7.92. The summed E-state index contributed by atoms with van der Waals surface area (Å²) >= 11 is 0. The van der Waals surface area contributed by atoms with Crippen LogP contribution in [0.2, 0.25) is 0 Å². The fourth-order valence-electron chi connectivity index (χ4n) is 2.74. The molecule has 134 valence electrons. The molecular weight excluding hydrogens is 437 g/mol. The predicted molar refractivity (Wildman–Crippen MR) is 107 cm³/mol. The highest BCUT2D eigenvalue weighted by Gasteiger charge is 2.18. The number of hydrogen-bond acceptors (Lipinski definition) is 2. The number of guanidine groups is 1. The topological polar surface area (TPSA) is 44.9 Å². The molecule has 2 N–H and O–H groups in total. The molecule has 1 heterocycles. The van der Waals surface area contributed by atoms with Crippen LogP contribution in [0.25, 0.3) is 0 Å². The van der Waals surface area contributed by atoms with Gasteiger partial charge in [0.15, 0.2) is 5.96 Å². The van der Waals surface area contributed by atoms with Crippen molar-refractivity contribution in [2.75, 3.05) is 31.1 Å². The second kappa shape index (κ2) is 8.98. The van der Waals surface area contributed by atoms with E-state index in [1.807, 2.05) is 4.90 Å². The van der Waals surface area contributed by atoms with Crippen molar-refractivity contribution in [3.63, 3.8) is 0 Å². The summed E-state index contributed by atoms with van der Waals surface area (Å²) in [5.41, 5.74) is 7.57. The van der Waals surface area contributed by atoms with Crippen LogP contribution in [0.1, 0.15) is 5.56 Å². The first kappa shape index (κ1) is 19.4. The van der Waals surface area contributed by atoms with Gasteiger partial charge in [0.2, 0.25) is 0 Å². The molecule has 7 heteroatoms. The van der Waals surface area contributed by atoms with E-state index in [0.717, 1.165) is 31.9 Å². The SMILES string of the molecule is I.NC(=NCc1ccccc1F)N1CCN(c2ccc(F)cc2)CC1. The zero-order valence-corrected chi connectivity index (χ0v) is 16.1. The lowest BCUT2D eigenvalue weighted by molar-refractivity contribution is 0.380. The van der Waals surface area contributed by atoms with Crippen LogP contribution < -0.4 is 10.6 Å². The molecule has 3 rings (SSSR count). The summed E-state index contributed by atoms with van der Waals surface area (Å²) in [5, 5.41) is 0. The van der Waals surface area contributed by atoms with Crippen molar-refractivity contribution in [3.05, 3.63) is 65.7 Å². The van der Waals surface area contributed by atoms with Gasteiger partial charge in [0.25, 0.3) is 0 Å². The fraction of sp³-hybridized carbons (Fsp3) is 0.278. The molecule has 0 saturated carbocycles. The lowest BCUT2D eigenvalue weighted by Crippen LogP contribution is -2.51. The Morgan fingerprint density at radius 1 is 0.960 bits per heavy atom. The van der Waals surface area contributed by atoms with E-state index in [1.165, 1.54) is 18.2 Å². The van der Waals surface area contributed by atoms with Gasteiger partial charge in [-0.3, -0.25) is 0 Å². The molecule has 2 aromatic carbocycles. The van der Waals surface area contributed by atoms with Crippen LogP contribution in [0.15, 0.2) is 53.5 Å². The molecule has 4 nitrogen and oxygen atoms in total. The normalized spacial score (nSPS) is 15.0. The molecule has 1 fully saturated rings. The number of nitrogens with zero attached hydrogens (tertiary/aromatic N) is 3. The van der Waals surface area contributed by atoms with Gasteiger partial charge >= 0.3 is 0 Å². The van der Waals surface area contributed by atoms with E-state index in [1.54, 1.807) is 30.3 Å². The van der Waals surface area contributed by atoms with Gasteiger partial charge in [-0.15, -0.1) is 24.0 Å². The van der Waals surface area contributed by atoms with Crippen LogP contribution in [0.4, 0.5) is 14.5 Å². The monoisotopic (exact) mass is 458 g/mol. The lowest BCUT2D eigenvalue weighted by Gasteiger charge is -2.36. The molecule has 0 aliphatic carbocycles. The smallest absolute Gasteiger partial charge is 0.191 e. The Bertz CT molecular complexity index is 713. The van der Waals surface area contributed by atoms with E-state index in [0.29, 0.717) is 11.5 Å². The lowest BCUT2D eigenvalue weighted by atomic mass is 10.2. The Kier molecular flexibility index (Phi) is 6.98.